The van der Waals surface area contributed by atoms with Crippen molar-refractivity contribution < 1.29 is 0 Å². The number of hydrogen-bond acceptors (Lipinski definition) is 1. The summed E-state index contributed by atoms with van der Waals surface area (Å²) in [5.74, 6) is 0.693. The van der Waals surface area contributed by atoms with Gasteiger partial charge in [-0.3, -0.25) is 0 Å². The average molecular weight is 292 g/mol. The molecule has 0 saturated heterocycles. The van der Waals surface area contributed by atoms with Crippen LogP contribution in [0.5, 0.6) is 0 Å². The van der Waals surface area contributed by atoms with E-state index in [4.69, 9.17) is 0 Å². The summed E-state index contributed by atoms with van der Waals surface area (Å²) < 4.78 is 1.10. The first-order chi connectivity index (χ1) is 8.13. The topological polar surface area (TPSA) is 23.8 Å². The molecule has 0 bridgehead atoms. The van der Waals surface area contributed by atoms with Crippen LogP contribution in [0.1, 0.15) is 38.2 Å². The van der Waals surface area contributed by atoms with Gasteiger partial charge in [-0.05, 0) is 42.9 Å². The monoisotopic (exact) mass is 291 g/mol. The molecule has 2 unspecified atom stereocenters. The summed E-state index contributed by atoms with van der Waals surface area (Å²) >= 11 is 3.45. The highest BCUT2D eigenvalue weighted by Crippen LogP contribution is 2.41. The first kappa shape index (κ1) is 12.6. The van der Waals surface area contributed by atoms with Crippen LogP contribution in [-0.2, 0) is 6.42 Å². The van der Waals surface area contributed by atoms with Crippen LogP contribution in [0.3, 0.4) is 0 Å². The lowest BCUT2D eigenvalue weighted by atomic mass is 9.68. The first-order valence-corrected chi connectivity index (χ1v) is 7.09. The third kappa shape index (κ3) is 3.10. The van der Waals surface area contributed by atoms with Crippen LogP contribution in [0.15, 0.2) is 28.7 Å². The number of rotatable bonds is 2. The lowest BCUT2D eigenvalue weighted by Gasteiger charge is -2.34. The van der Waals surface area contributed by atoms with Gasteiger partial charge in [0, 0.05) is 4.47 Å². The largest absolute Gasteiger partial charge is 0.198 e. The number of halogens is 1. The summed E-state index contributed by atoms with van der Waals surface area (Å²) in [6.45, 7) is 2.27. The van der Waals surface area contributed by atoms with Gasteiger partial charge in [0.2, 0.25) is 0 Å². The van der Waals surface area contributed by atoms with E-state index >= 15 is 0 Å². The lowest BCUT2D eigenvalue weighted by Crippen LogP contribution is -2.28. The number of nitrogens with zero attached hydrogens (tertiary/aromatic N) is 1. The van der Waals surface area contributed by atoms with Crippen LogP contribution < -0.4 is 0 Å². The van der Waals surface area contributed by atoms with Gasteiger partial charge in [-0.25, -0.2) is 0 Å². The molecule has 2 atom stereocenters. The molecular weight excluding hydrogens is 274 g/mol. The van der Waals surface area contributed by atoms with Gasteiger partial charge >= 0.3 is 0 Å². The van der Waals surface area contributed by atoms with Crippen molar-refractivity contribution in [1.29, 1.82) is 5.26 Å². The highest BCUT2D eigenvalue weighted by atomic mass is 79.9. The molecule has 1 aromatic rings. The van der Waals surface area contributed by atoms with Crippen LogP contribution in [0.25, 0.3) is 0 Å². The standard InChI is InChI=1S/C15H18BrN/c1-12-3-2-8-15(9-12,11-17)10-13-4-6-14(16)7-5-13/h4-7,12H,2-3,8-10H2,1H3. The smallest absolute Gasteiger partial charge is 0.0693 e. The second kappa shape index (κ2) is 5.23. The Labute approximate surface area is 112 Å². The van der Waals surface area contributed by atoms with E-state index in [0.29, 0.717) is 5.92 Å². The van der Waals surface area contributed by atoms with Crippen molar-refractivity contribution >= 4 is 15.9 Å². The van der Waals surface area contributed by atoms with Gasteiger partial charge in [-0.2, -0.15) is 5.26 Å². The maximum Gasteiger partial charge on any atom is 0.0693 e. The molecule has 1 aromatic carbocycles. The summed E-state index contributed by atoms with van der Waals surface area (Å²) in [5.41, 5.74) is 1.16. The molecule has 1 nitrogen and oxygen atoms in total. The molecule has 0 heterocycles. The van der Waals surface area contributed by atoms with E-state index in [0.717, 1.165) is 23.7 Å². The Morgan fingerprint density at radius 2 is 2.12 bits per heavy atom. The average Bonchev–Trinajstić information content (AvgIpc) is 2.32. The van der Waals surface area contributed by atoms with Crippen LogP contribution in [0.2, 0.25) is 0 Å². The molecule has 2 rings (SSSR count). The van der Waals surface area contributed by atoms with Crippen LogP contribution in [0, 0.1) is 22.7 Å². The third-order valence-corrected chi connectivity index (χ3v) is 4.31. The molecule has 0 N–H and O–H groups in total. The Balaban J connectivity index is 2.14. The predicted molar refractivity (Wildman–Crippen MR) is 73.5 cm³/mol. The highest BCUT2D eigenvalue weighted by molar-refractivity contribution is 9.10. The molecule has 2 heteroatoms. The minimum atomic E-state index is -0.120. The minimum Gasteiger partial charge on any atom is -0.198 e. The Bertz CT molecular complexity index is 418. The Hall–Kier alpha value is -0.810. The van der Waals surface area contributed by atoms with Crippen molar-refractivity contribution in [2.75, 3.05) is 0 Å². The van der Waals surface area contributed by atoms with Crippen molar-refractivity contribution in [3.63, 3.8) is 0 Å². The molecule has 1 aliphatic carbocycles. The number of hydrogen-bond donors (Lipinski definition) is 0. The summed E-state index contributed by atoms with van der Waals surface area (Å²) in [5, 5.41) is 9.52. The van der Waals surface area contributed by atoms with E-state index in [9.17, 15) is 5.26 Å². The second-order valence-electron chi connectivity index (χ2n) is 5.40. The number of benzene rings is 1. The Kier molecular flexibility index (Phi) is 3.89. The van der Waals surface area contributed by atoms with Gasteiger partial charge in [-0.1, -0.05) is 47.8 Å². The predicted octanol–water partition coefficient (Wildman–Crippen LogP) is 4.71. The molecule has 1 fully saturated rings. The highest BCUT2D eigenvalue weighted by Gasteiger charge is 2.35. The molecular formula is C15H18BrN. The van der Waals surface area contributed by atoms with E-state index in [1.807, 2.05) is 0 Å². The van der Waals surface area contributed by atoms with Crippen LogP contribution in [-0.4, -0.2) is 0 Å². The molecule has 1 aliphatic rings. The molecule has 90 valence electrons. The summed E-state index contributed by atoms with van der Waals surface area (Å²) in [6, 6.07) is 11.0. The van der Waals surface area contributed by atoms with Gasteiger partial charge in [0.05, 0.1) is 11.5 Å². The molecule has 0 amide bonds. The van der Waals surface area contributed by atoms with Crippen molar-refractivity contribution in [2.45, 2.75) is 39.0 Å². The van der Waals surface area contributed by atoms with Crippen molar-refractivity contribution in [1.82, 2.24) is 0 Å². The molecule has 0 aromatic heterocycles. The second-order valence-corrected chi connectivity index (χ2v) is 6.31. The van der Waals surface area contributed by atoms with E-state index < -0.39 is 0 Å². The molecule has 1 saturated carbocycles. The van der Waals surface area contributed by atoms with Gasteiger partial charge in [0.1, 0.15) is 0 Å². The quantitative estimate of drug-likeness (QED) is 0.774. The summed E-state index contributed by atoms with van der Waals surface area (Å²) in [7, 11) is 0. The van der Waals surface area contributed by atoms with Crippen molar-refractivity contribution in [3.8, 4) is 6.07 Å². The maximum absolute atomic E-state index is 9.52. The van der Waals surface area contributed by atoms with Crippen molar-refractivity contribution in [3.05, 3.63) is 34.3 Å². The van der Waals surface area contributed by atoms with Crippen LogP contribution >= 0.6 is 15.9 Å². The third-order valence-electron chi connectivity index (χ3n) is 3.78. The summed E-state index contributed by atoms with van der Waals surface area (Å²) in [4.78, 5) is 0. The normalized spacial score (nSPS) is 28.6. The van der Waals surface area contributed by atoms with Gasteiger partial charge in [0.15, 0.2) is 0 Å². The number of nitriles is 1. The molecule has 17 heavy (non-hydrogen) atoms. The Morgan fingerprint density at radius 3 is 2.71 bits per heavy atom. The molecule has 0 aliphatic heterocycles. The fraction of sp³-hybridized carbons (Fsp3) is 0.533. The summed E-state index contributed by atoms with van der Waals surface area (Å²) in [6.07, 6.45) is 5.50. The molecule has 0 spiro atoms. The van der Waals surface area contributed by atoms with E-state index in [1.54, 1.807) is 0 Å². The van der Waals surface area contributed by atoms with Crippen molar-refractivity contribution in [2.24, 2.45) is 11.3 Å². The Morgan fingerprint density at radius 1 is 1.41 bits per heavy atom. The van der Waals surface area contributed by atoms with E-state index in [-0.39, 0.29) is 5.41 Å². The fourth-order valence-electron chi connectivity index (χ4n) is 2.95. The lowest BCUT2D eigenvalue weighted by molar-refractivity contribution is 0.209. The molecule has 0 radical (unpaired) electrons. The zero-order valence-corrected chi connectivity index (χ0v) is 11.8. The van der Waals surface area contributed by atoms with Gasteiger partial charge < -0.3 is 0 Å². The first-order valence-electron chi connectivity index (χ1n) is 6.29. The van der Waals surface area contributed by atoms with Gasteiger partial charge in [0.25, 0.3) is 0 Å². The van der Waals surface area contributed by atoms with Crippen LogP contribution in [0.4, 0.5) is 0 Å². The maximum atomic E-state index is 9.52. The van der Waals surface area contributed by atoms with E-state index in [1.165, 1.54) is 18.4 Å². The SMILES string of the molecule is CC1CCCC(C#N)(Cc2ccc(Br)cc2)C1. The fourth-order valence-corrected chi connectivity index (χ4v) is 3.22. The zero-order chi connectivity index (χ0) is 12.3. The zero-order valence-electron chi connectivity index (χ0n) is 10.2. The minimum absolute atomic E-state index is 0.120. The van der Waals surface area contributed by atoms with Gasteiger partial charge in [-0.15, -0.1) is 0 Å². The van der Waals surface area contributed by atoms with E-state index in [2.05, 4.69) is 53.2 Å².